The van der Waals surface area contributed by atoms with Crippen LogP contribution in [-0.2, 0) is 0 Å². The number of aromatic nitrogens is 1. The van der Waals surface area contributed by atoms with Crippen molar-refractivity contribution in [2.24, 2.45) is 4.99 Å². The lowest BCUT2D eigenvalue weighted by molar-refractivity contribution is 0.474. The van der Waals surface area contributed by atoms with Gasteiger partial charge in [0.25, 0.3) is 0 Å². The van der Waals surface area contributed by atoms with Crippen LogP contribution in [0.1, 0.15) is 16.7 Å². The molecule has 0 amide bonds. The topological polar surface area (TPSA) is 45.5 Å². The zero-order chi connectivity index (χ0) is 12.3. The molecule has 2 rings (SSSR count). The van der Waals surface area contributed by atoms with Crippen LogP contribution in [0, 0.1) is 13.8 Å². The number of pyridine rings is 1. The molecule has 1 aromatic heterocycles. The maximum Gasteiger partial charge on any atom is 0.151 e. The monoisotopic (exact) mass is 226 g/mol. The van der Waals surface area contributed by atoms with E-state index >= 15 is 0 Å². The van der Waals surface area contributed by atoms with Crippen molar-refractivity contribution in [1.82, 2.24) is 4.98 Å². The van der Waals surface area contributed by atoms with E-state index < -0.39 is 0 Å². The van der Waals surface area contributed by atoms with Crippen LogP contribution in [0.25, 0.3) is 0 Å². The average Bonchev–Trinajstić information content (AvgIpc) is 2.30. The minimum absolute atomic E-state index is 0.237. The molecule has 0 spiro atoms. The Balaban J connectivity index is 2.23. The molecule has 0 bridgehead atoms. The van der Waals surface area contributed by atoms with Crippen molar-refractivity contribution in [3.63, 3.8) is 0 Å². The Bertz CT molecular complexity index is 545. The van der Waals surface area contributed by atoms with E-state index in [-0.39, 0.29) is 5.75 Å². The van der Waals surface area contributed by atoms with Crippen molar-refractivity contribution in [3.8, 4) is 5.75 Å². The molecule has 0 aliphatic heterocycles. The summed E-state index contributed by atoms with van der Waals surface area (Å²) in [4.78, 5) is 8.37. The molecule has 1 heterocycles. The van der Waals surface area contributed by atoms with E-state index in [4.69, 9.17) is 0 Å². The van der Waals surface area contributed by atoms with Gasteiger partial charge in [-0.25, -0.2) is 9.98 Å². The van der Waals surface area contributed by atoms with E-state index in [0.717, 1.165) is 11.1 Å². The first-order chi connectivity index (χ1) is 8.15. The van der Waals surface area contributed by atoms with Gasteiger partial charge >= 0.3 is 0 Å². The summed E-state index contributed by atoms with van der Waals surface area (Å²) in [5.41, 5.74) is 2.81. The fourth-order valence-electron chi connectivity index (χ4n) is 1.43. The van der Waals surface area contributed by atoms with Gasteiger partial charge in [0.1, 0.15) is 5.75 Å². The number of aliphatic imine (C=N–C) groups is 1. The molecule has 0 unspecified atom stereocenters. The molecular formula is C14H14N2O. The maximum atomic E-state index is 9.70. The first kappa shape index (κ1) is 11.3. The Hall–Kier alpha value is -2.16. The fourth-order valence-corrected chi connectivity index (χ4v) is 1.43. The highest BCUT2D eigenvalue weighted by Crippen LogP contribution is 2.17. The molecule has 3 nitrogen and oxygen atoms in total. The average molecular weight is 226 g/mol. The third kappa shape index (κ3) is 2.91. The molecule has 17 heavy (non-hydrogen) atoms. The summed E-state index contributed by atoms with van der Waals surface area (Å²) in [6, 6.07) is 9.28. The predicted octanol–water partition coefficient (Wildman–Crippen LogP) is 3.15. The number of hydrogen-bond donors (Lipinski definition) is 1. The summed E-state index contributed by atoms with van der Waals surface area (Å²) < 4.78 is 0. The van der Waals surface area contributed by atoms with Gasteiger partial charge in [-0.15, -0.1) is 0 Å². The SMILES string of the molecule is Cc1ccc(N=Cc2ccc(C)cc2O)nc1. The number of hydrogen-bond acceptors (Lipinski definition) is 3. The van der Waals surface area contributed by atoms with Gasteiger partial charge < -0.3 is 5.11 Å². The van der Waals surface area contributed by atoms with Gasteiger partial charge in [0.15, 0.2) is 5.82 Å². The van der Waals surface area contributed by atoms with Crippen LogP contribution in [0.3, 0.4) is 0 Å². The summed E-state index contributed by atoms with van der Waals surface area (Å²) in [5.74, 6) is 0.872. The Morgan fingerprint density at radius 3 is 2.53 bits per heavy atom. The van der Waals surface area contributed by atoms with Gasteiger partial charge in [-0.2, -0.15) is 0 Å². The Kier molecular flexibility index (Phi) is 3.19. The molecular weight excluding hydrogens is 212 g/mol. The van der Waals surface area contributed by atoms with E-state index in [1.165, 1.54) is 0 Å². The second-order valence-electron chi connectivity index (χ2n) is 4.01. The summed E-state index contributed by atoms with van der Waals surface area (Å²) in [5, 5.41) is 9.70. The van der Waals surface area contributed by atoms with Crippen molar-refractivity contribution in [2.45, 2.75) is 13.8 Å². The Labute approximate surface area is 100 Å². The zero-order valence-electron chi connectivity index (χ0n) is 9.88. The van der Waals surface area contributed by atoms with Gasteiger partial charge in [0.2, 0.25) is 0 Å². The van der Waals surface area contributed by atoms with Crippen molar-refractivity contribution in [3.05, 3.63) is 53.2 Å². The highest BCUT2D eigenvalue weighted by molar-refractivity contribution is 5.85. The molecule has 0 saturated carbocycles. The van der Waals surface area contributed by atoms with Crippen molar-refractivity contribution in [2.75, 3.05) is 0 Å². The zero-order valence-corrected chi connectivity index (χ0v) is 9.88. The third-order valence-corrected chi connectivity index (χ3v) is 2.42. The van der Waals surface area contributed by atoms with Crippen LogP contribution >= 0.6 is 0 Å². The maximum absolute atomic E-state index is 9.70. The van der Waals surface area contributed by atoms with Crippen LogP contribution < -0.4 is 0 Å². The molecule has 0 radical (unpaired) electrons. The molecule has 0 atom stereocenters. The number of rotatable bonds is 2. The molecule has 1 N–H and O–H groups in total. The van der Waals surface area contributed by atoms with Gasteiger partial charge in [-0.05, 0) is 43.2 Å². The van der Waals surface area contributed by atoms with Crippen LogP contribution in [0.5, 0.6) is 5.75 Å². The summed E-state index contributed by atoms with van der Waals surface area (Å²) in [6.45, 7) is 3.91. The molecule has 0 saturated heterocycles. The Morgan fingerprint density at radius 2 is 1.88 bits per heavy atom. The molecule has 0 aliphatic carbocycles. The van der Waals surface area contributed by atoms with Crippen molar-refractivity contribution < 1.29 is 5.11 Å². The van der Waals surface area contributed by atoms with Crippen LogP contribution in [0.2, 0.25) is 0 Å². The molecule has 0 aliphatic rings. The predicted molar refractivity (Wildman–Crippen MR) is 69.1 cm³/mol. The minimum Gasteiger partial charge on any atom is -0.507 e. The lowest BCUT2D eigenvalue weighted by Gasteiger charge is -1.99. The second kappa shape index (κ2) is 4.78. The number of phenolic OH excluding ortho intramolecular Hbond substituents is 1. The van der Waals surface area contributed by atoms with Gasteiger partial charge in [-0.1, -0.05) is 12.1 Å². The molecule has 1 aromatic carbocycles. The molecule has 2 aromatic rings. The van der Waals surface area contributed by atoms with Gasteiger partial charge in [-0.3, -0.25) is 0 Å². The largest absolute Gasteiger partial charge is 0.507 e. The van der Waals surface area contributed by atoms with E-state index in [9.17, 15) is 5.11 Å². The van der Waals surface area contributed by atoms with Gasteiger partial charge in [0, 0.05) is 18.0 Å². The first-order valence-electron chi connectivity index (χ1n) is 5.41. The number of benzene rings is 1. The highest BCUT2D eigenvalue weighted by Gasteiger charge is 1.97. The standard InChI is InChI=1S/C14H14N2O/c1-10-3-5-12(13(17)7-10)9-16-14-6-4-11(2)8-15-14/h3-9,17H,1-2H3. The summed E-state index contributed by atoms with van der Waals surface area (Å²) in [6.07, 6.45) is 3.38. The molecule has 0 fully saturated rings. The van der Waals surface area contributed by atoms with E-state index in [2.05, 4.69) is 9.98 Å². The Morgan fingerprint density at radius 1 is 1.12 bits per heavy atom. The lowest BCUT2D eigenvalue weighted by Crippen LogP contribution is -1.84. The minimum atomic E-state index is 0.237. The smallest absolute Gasteiger partial charge is 0.151 e. The number of phenols is 1. The first-order valence-corrected chi connectivity index (χ1v) is 5.41. The van der Waals surface area contributed by atoms with E-state index in [1.54, 1.807) is 18.5 Å². The van der Waals surface area contributed by atoms with Crippen LogP contribution in [0.15, 0.2) is 41.5 Å². The van der Waals surface area contributed by atoms with Crippen molar-refractivity contribution >= 4 is 12.0 Å². The summed E-state index contributed by atoms with van der Waals surface area (Å²) >= 11 is 0. The number of aromatic hydroxyl groups is 1. The van der Waals surface area contributed by atoms with Crippen molar-refractivity contribution in [1.29, 1.82) is 0 Å². The van der Waals surface area contributed by atoms with Gasteiger partial charge in [0.05, 0.1) is 0 Å². The third-order valence-electron chi connectivity index (χ3n) is 2.42. The second-order valence-corrected chi connectivity index (χ2v) is 4.01. The van der Waals surface area contributed by atoms with Crippen LogP contribution in [0.4, 0.5) is 5.82 Å². The summed E-state index contributed by atoms with van der Waals surface area (Å²) in [7, 11) is 0. The number of nitrogens with zero attached hydrogens (tertiary/aromatic N) is 2. The highest BCUT2D eigenvalue weighted by atomic mass is 16.3. The van der Waals surface area contributed by atoms with Crippen LogP contribution in [-0.4, -0.2) is 16.3 Å². The van der Waals surface area contributed by atoms with E-state index in [0.29, 0.717) is 11.4 Å². The number of aryl methyl sites for hydroxylation is 2. The normalized spacial score (nSPS) is 10.9. The fraction of sp³-hybridized carbons (Fsp3) is 0.143. The lowest BCUT2D eigenvalue weighted by atomic mass is 10.1. The molecule has 86 valence electrons. The quantitative estimate of drug-likeness (QED) is 0.799. The van der Waals surface area contributed by atoms with E-state index in [1.807, 2.05) is 38.1 Å². The molecule has 3 heteroatoms.